The van der Waals surface area contributed by atoms with Gasteiger partial charge in [0.05, 0.1) is 6.61 Å². The molecule has 21 heavy (non-hydrogen) atoms. The summed E-state index contributed by atoms with van der Waals surface area (Å²) in [5, 5.41) is 3.42. The van der Waals surface area contributed by atoms with Crippen molar-refractivity contribution in [3.05, 3.63) is 59.7 Å². The maximum Gasteiger partial charge on any atom is 0.0587 e. The number of benzene rings is 2. The van der Waals surface area contributed by atoms with Gasteiger partial charge in [-0.25, -0.2) is 0 Å². The zero-order valence-corrected chi connectivity index (χ0v) is 13.1. The molecule has 0 saturated carbocycles. The molecule has 2 aromatic rings. The lowest BCUT2D eigenvalue weighted by Gasteiger charge is -2.23. The summed E-state index contributed by atoms with van der Waals surface area (Å²) < 4.78 is 5.08. The average Bonchev–Trinajstić information content (AvgIpc) is 2.52. The molecule has 0 aromatic heterocycles. The molecule has 0 bridgehead atoms. The van der Waals surface area contributed by atoms with Crippen molar-refractivity contribution in [1.29, 1.82) is 0 Å². The third-order valence-corrected chi connectivity index (χ3v) is 3.54. The van der Waals surface area contributed by atoms with Gasteiger partial charge < -0.3 is 15.0 Å². The molecule has 2 aromatic carbocycles. The van der Waals surface area contributed by atoms with Gasteiger partial charge in [0.25, 0.3) is 0 Å². The van der Waals surface area contributed by atoms with Crippen LogP contribution in [0.25, 0.3) is 0 Å². The van der Waals surface area contributed by atoms with Crippen LogP contribution in [-0.4, -0.2) is 27.3 Å². The van der Waals surface area contributed by atoms with Crippen LogP contribution in [-0.2, 0) is 11.3 Å². The van der Waals surface area contributed by atoms with Crippen LogP contribution in [0, 0.1) is 6.92 Å². The van der Waals surface area contributed by atoms with Crippen LogP contribution >= 0.6 is 0 Å². The van der Waals surface area contributed by atoms with Gasteiger partial charge in [0, 0.05) is 38.6 Å². The zero-order chi connectivity index (χ0) is 15.1. The highest BCUT2D eigenvalue weighted by Crippen LogP contribution is 2.27. The number of methoxy groups -OCH3 is 1. The van der Waals surface area contributed by atoms with Crippen molar-refractivity contribution in [3.63, 3.8) is 0 Å². The molecule has 0 aliphatic heterocycles. The number of aryl methyl sites for hydroxylation is 1. The van der Waals surface area contributed by atoms with Crippen LogP contribution in [0.15, 0.2) is 48.5 Å². The lowest BCUT2D eigenvalue weighted by atomic mass is 10.1. The molecular weight excluding hydrogens is 260 g/mol. The molecule has 0 aliphatic carbocycles. The topological polar surface area (TPSA) is 24.5 Å². The van der Waals surface area contributed by atoms with Crippen molar-refractivity contribution in [3.8, 4) is 0 Å². The Morgan fingerprint density at radius 1 is 1.10 bits per heavy atom. The highest BCUT2D eigenvalue weighted by molar-refractivity contribution is 5.66. The van der Waals surface area contributed by atoms with Crippen molar-refractivity contribution < 1.29 is 4.74 Å². The molecule has 3 nitrogen and oxygen atoms in total. The van der Waals surface area contributed by atoms with E-state index in [4.69, 9.17) is 4.74 Å². The van der Waals surface area contributed by atoms with Gasteiger partial charge >= 0.3 is 0 Å². The number of ether oxygens (including phenoxy) is 1. The third kappa shape index (κ3) is 4.31. The van der Waals surface area contributed by atoms with Crippen molar-refractivity contribution in [1.82, 2.24) is 5.32 Å². The van der Waals surface area contributed by atoms with Crippen molar-refractivity contribution in [2.75, 3.05) is 32.2 Å². The summed E-state index contributed by atoms with van der Waals surface area (Å²) in [4.78, 5) is 2.23. The lowest BCUT2D eigenvalue weighted by Crippen LogP contribution is -2.21. The fraction of sp³-hybridized carbons (Fsp3) is 0.333. The first-order valence-corrected chi connectivity index (χ1v) is 7.30. The molecular formula is C18H24N2O. The second kappa shape index (κ2) is 7.81. The summed E-state index contributed by atoms with van der Waals surface area (Å²) in [7, 11) is 3.83. The maximum absolute atomic E-state index is 5.08. The molecule has 0 spiro atoms. The standard InChI is InChI=1S/C18H24N2O/c1-15-9-10-18(16(13-15)14-19-11-12-21-3)20(2)17-7-5-4-6-8-17/h4-10,13,19H,11-12,14H2,1-3H3. The largest absolute Gasteiger partial charge is 0.383 e. The number of nitrogens with zero attached hydrogens (tertiary/aromatic N) is 1. The van der Waals surface area contributed by atoms with Crippen molar-refractivity contribution in [2.24, 2.45) is 0 Å². The van der Waals surface area contributed by atoms with E-state index >= 15 is 0 Å². The first-order chi connectivity index (χ1) is 10.2. The minimum absolute atomic E-state index is 0.732. The van der Waals surface area contributed by atoms with E-state index in [0.717, 1.165) is 19.7 Å². The van der Waals surface area contributed by atoms with Crippen LogP contribution in [0.2, 0.25) is 0 Å². The molecule has 0 aliphatic rings. The monoisotopic (exact) mass is 284 g/mol. The second-order valence-corrected chi connectivity index (χ2v) is 5.20. The van der Waals surface area contributed by atoms with Crippen LogP contribution in [0.1, 0.15) is 11.1 Å². The molecule has 1 N–H and O–H groups in total. The Morgan fingerprint density at radius 2 is 1.86 bits per heavy atom. The summed E-state index contributed by atoms with van der Waals surface area (Å²) in [5.41, 5.74) is 5.01. The highest BCUT2D eigenvalue weighted by atomic mass is 16.5. The molecule has 3 heteroatoms. The van der Waals surface area contributed by atoms with E-state index in [9.17, 15) is 0 Å². The zero-order valence-electron chi connectivity index (χ0n) is 13.1. The fourth-order valence-corrected chi connectivity index (χ4v) is 2.37. The predicted octanol–water partition coefficient (Wildman–Crippen LogP) is 3.50. The number of hydrogen-bond acceptors (Lipinski definition) is 3. The Labute approximate surface area is 127 Å². The smallest absolute Gasteiger partial charge is 0.0587 e. The van der Waals surface area contributed by atoms with E-state index in [1.54, 1.807) is 7.11 Å². The first kappa shape index (κ1) is 15.5. The quantitative estimate of drug-likeness (QED) is 0.788. The van der Waals surface area contributed by atoms with Crippen molar-refractivity contribution in [2.45, 2.75) is 13.5 Å². The summed E-state index contributed by atoms with van der Waals surface area (Å²) in [6.45, 7) is 4.57. The summed E-state index contributed by atoms with van der Waals surface area (Å²) >= 11 is 0. The SMILES string of the molecule is COCCNCc1cc(C)ccc1N(C)c1ccccc1. The molecule has 0 amide bonds. The molecule has 0 fully saturated rings. The minimum atomic E-state index is 0.732. The Hall–Kier alpha value is -1.84. The van der Waals surface area contributed by atoms with Gasteiger partial charge in [-0.15, -0.1) is 0 Å². The Bertz CT molecular complexity index is 554. The van der Waals surface area contributed by atoms with Crippen molar-refractivity contribution >= 4 is 11.4 Å². The van der Waals surface area contributed by atoms with Gasteiger partial charge in [0.15, 0.2) is 0 Å². The number of anilines is 2. The normalized spacial score (nSPS) is 10.6. The third-order valence-electron chi connectivity index (χ3n) is 3.54. The molecule has 0 heterocycles. The van der Waals surface area contributed by atoms with Crippen LogP contribution in [0.5, 0.6) is 0 Å². The van der Waals surface area contributed by atoms with E-state index in [1.165, 1.54) is 22.5 Å². The number of nitrogens with one attached hydrogen (secondary N) is 1. The average molecular weight is 284 g/mol. The summed E-state index contributed by atoms with van der Waals surface area (Å²) in [6.07, 6.45) is 0. The van der Waals surface area contributed by atoms with Gasteiger partial charge in [-0.1, -0.05) is 35.9 Å². The van der Waals surface area contributed by atoms with Gasteiger partial charge in [0.1, 0.15) is 0 Å². The Kier molecular flexibility index (Phi) is 5.78. The predicted molar refractivity (Wildman–Crippen MR) is 89.3 cm³/mol. The number of rotatable bonds is 7. The van der Waals surface area contributed by atoms with E-state index in [1.807, 2.05) is 6.07 Å². The molecule has 112 valence electrons. The fourth-order valence-electron chi connectivity index (χ4n) is 2.37. The molecule has 0 unspecified atom stereocenters. The van der Waals surface area contributed by atoms with Gasteiger partial charge in [-0.05, 0) is 30.7 Å². The van der Waals surface area contributed by atoms with Gasteiger partial charge in [0.2, 0.25) is 0 Å². The van der Waals surface area contributed by atoms with E-state index in [0.29, 0.717) is 0 Å². The summed E-state index contributed by atoms with van der Waals surface area (Å²) in [5.74, 6) is 0. The molecule has 0 saturated heterocycles. The molecule has 0 atom stereocenters. The van der Waals surface area contributed by atoms with Gasteiger partial charge in [-0.2, -0.15) is 0 Å². The maximum atomic E-state index is 5.08. The van der Waals surface area contributed by atoms with Crippen LogP contribution < -0.4 is 10.2 Å². The van der Waals surface area contributed by atoms with E-state index < -0.39 is 0 Å². The highest BCUT2D eigenvalue weighted by Gasteiger charge is 2.09. The Balaban J connectivity index is 2.18. The first-order valence-electron chi connectivity index (χ1n) is 7.30. The van der Waals surface area contributed by atoms with Crippen LogP contribution in [0.3, 0.4) is 0 Å². The summed E-state index contributed by atoms with van der Waals surface area (Å²) in [6, 6.07) is 17.0. The van der Waals surface area contributed by atoms with E-state index in [2.05, 4.69) is 66.7 Å². The van der Waals surface area contributed by atoms with Gasteiger partial charge in [-0.3, -0.25) is 0 Å². The van der Waals surface area contributed by atoms with E-state index in [-0.39, 0.29) is 0 Å². The Morgan fingerprint density at radius 3 is 2.57 bits per heavy atom. The lowest BCUT2D eigenvalue weighted by molar-refractivity contribution is 0.199. The van der Waals surface area contributed by atoms with Crippen LogP contribution in [0.4, 0.5) is 11.4 Å². The number of para-hydroxylation sites is 1. The minimum Gasteiger partial charge on any atom is -0.383 e. The molecule has 2 rings (SSSR count). The molecule has 0 radical (unpaired) electrons. The number of hydrogen-bond donors (Lipinski definition) is 1. The second-order valence-electron chi connectivity index (χ2n) is 5.20.